The Bertz CT molecular complexity index is 1330. The first-order chi connectivity index (χ1) is 19.4. The van der Waals surface area contributed by atoms with E-state index in [2.05, 4.69) is 10.3 Å². The van der Waals surface area contributed by atoms with Crippen molar-refractivity contribution in [3.63, 3.8) is 0 Å². The van der Waals surface area contributed by atoms with Crippen LogP contribution in [0.15, 0.2) is 18.2 Å². The standard InChI is InChI=1S/C31H41FN4O5/c1-6-20-24(17-37)36-16-25(20)40-27-22(33-21-13-12-19(32)14-23(21)34-27)11-9-7-8-10-18-15-31(18,5)41-29(39)35-26(28(36)38)30(2,3)4/h12-14,17-18,20,24-26H,6-11,15-16H2,1-5H3,(H,35,39)/t18-,20+,24-,25+,26-,31-/m1/s1. The van der Waals surface area contributed by atoms with Crippen LogP contribution < -0.4 is 10.1 Å². The molecule has 1 aromatic carbocycles. The molecule has 1 saturated carbocycles. The predicted molar refractivity (Wildman–Crippen MR) is 151 cm³/mol. The summed E-state index contributed by atoms with van der Waals surface area (Å²) < 4.78 is 26.4. The molecule has 2 aliphatic heterocycles. The molecule has 0 unspecified atom stereocenters. The lowest BCUT2D eigenvalue weighted by Gasteiger charge is -2.35. The summed E-state index contributed by atoms with van der Waals surface area (Å²) in [6.07, 6.45) is 5.38. The van der Waals surface area contributed by atoms with Crippen molar-refractivity contribution in [1.29, 1.82) is 0 Å². The first-order valence-electron chi connectivity index (χ1n) is 14.8. The molecule has 5 rings (SSSR count). The van der Waals surface area contributed by atoms with Crippen molar-refractivity contribution in [1.82, 2.24) is 20.2 Å². The summed E-state index contributed by atoms with van der Waals surface area (Å²) in [5, 5.41) is 2.83. The van der Waals surface area contributed by atoms with Gasteiger partial charge >= 0.3 is 6.09 Å². The van der Waals surface area contributed by atoms with Crippen molar-refractivity contribution >= 4 is 29.3 Å². The maximum absolute atomic E-state index is 14.0. The van der Waals surface area contributed by atoms with Crippen LogP contribution in [0.5, 0.6) is 5.88 Å². The van der Waals surface area contributed by atoms with E-state index in [1.165, 1.54) is 17.0 Å². The number of rotatable bonds is 2. The van der Waals surface area contributed by atoms with Gasteiger partial charge in [0.15, 0.2) is 0 Å². The van der Waals surface area contributed by atoms with Gasteiger partial charge in [-0.2, -0.15) is 0 Å². The molecule has 2 amide bonds. The Hall–Kier alpha value is -3.30. The van der Waals surface area contributed by atoms with Gasteiger partial charge < -0.3 is 24.5 Å². The van der Waals surface area contributed by atoms with Crippen LogP contribution in [-0.2, 0) is 20.7 Å². The molecular formula is C31H41FN4O5. The van der Waals surface area contributed by atoms with Gasteiger partial charge in [0.2, 0.25) is 11.8 Å². The van der Waals surface area contributed by atoms with Gasteiger partial charge in [-0.25, -0.2) is 19.2 Å². The molecule has 2 fully saturated rings. The largest absolute Gasteiger partial charge is 0.471 e. The number of hydrogen-bond acceptors (Lipinski definition) is 7. The fraction of sp³-hybridized carbons (Fsp3) is 0.645. The van der Waals surface area contributed by atoms with E-state index in [1.807, 2.05) is 34.6 Å². The number of nitrogens with one attached hydrogen (secondary N) is 1. The van der Waals surface area contributed by atoms with Gasteiger partial charge in [0.25, 0.3) is 0 Å². The van der Waals surface area contributed by atoms with Crippen molar-refractivity contribution < 1.29 is 28.2 Å². The van der Waals surface area contributed by atoms with Crippen LogP contribution in [0.3, 0.4) is 0 Å². The summed E-state index contributed by atoms with van der Waals surface area (Å²) in [5.41, 5.74) is 0.480. The highest BCUT2D eigenvalue weighted by atomic mass is 19.1. The van der Waals surface area contributed by atoms with Gasteiger partial charge in [-0.05, 0) is 56.6 Å². The van der Waals surface area contributed by atoms with Crippen LogP contribution in [-0.4, -0.2) is 63.5 Å². The van der Waals surface area contributed by atoms with E-state index < -0.39 is 41.1 Å². The zero-order valence-electron chi connectivity index (χ0n) is 24.6. The Labute approximate surface area is 240 Å². The average molecular weight is 569 g/mol. The van der Waals surface area contributed by atoms with E-state index in [9.17, 15) is 18.8 Å². The summed E-state index contributed by atoms with van der Waals surface area (Å²) >= 11 is 0. The minimum atomic E-state index is -0.910. The number of halogens is 1. The van der Waals surface area contributed by atoms with E-state index in [0.29, 0.717) is 35.4 Å². The van der Waals surface area contributed by atoms with Crippen molar-refractivity contribution in [2.75, 3.05) is 6.54 Å². The molecule has 3 heterocycles. The quantitative estimate of drug-likeness (QED) is 0.508. The number of hydrogen-bond donors (Lipinski definition) is 1. The van der Waals surface area contributed by atoms with Crippen molar-refractivity contribution in [2.24, 2.45) is 17.3 Å². The molecular weight excluding hydrogens is 527 g/mol. The Balaban J connectivity index is 1.52. The average Bonchev–Trinajstić information content (AvgIpc) is 3.39. The number of carbonyl (C=O) groups excluding carboxylic acids is 3. The number of amides is 2. The number of fused-ring (bicyclic) bond motifs is 5. The number of aldehydes is 1. The Kier molecular flexibility index (Phi) is 7.96. The molecule has 2 aromatic rings. The van der Waals surface area contributed by atoms with Gasteiger partial charge in [0, 0.05) is 17.9 Å². The Morgan fingerprint density at radius 1 is 1.17 bits per heavy atom. The molecule has 6 atom stereocenters. The highest BCUT2D eigenvalue weighted by molar-refractivity contribution is 5.89. The molecule has 1 saturated heterocycles. The third-order valence-electron chi connectivity index (χ3n) is 8.99. The number of aryl methyl sites for hydroxylation is 1. The summed E-state index contributed by atoms with van der Waals surface area (Å²) in [6.45, 7) is 9.66. The second-order valence-corrected chi connectivity index (χ2v) is 13.1. The van der Waals surface area contributed by atoms with E-state index in [-0.39, 0.29) is 24.3 Å². The van der Waals surface area contributed by atoms with Gasteiger partial charge in [-0.15, -0.1) is 0 Å². The van der Waals surface area contributed by atoms with Gasteiger partial charge in [0.05, 0.1) is 23.6 Å². The monoisotopic (exact) mass is 568 g/mol. The van der Waals surface area contributed by atoms with E-state index in [0.717, 1.165) is 38.4 Å². The van der Waals surface area contributed by atoms with Gasteiger partial charge in [0.1, 0.15) is 35.5 Å². The smallest absolute Gasteiger partial charge is 0.408 e. The lowest BCUT2D eigenvalue weighted by molar-refractivity contribution is -0.139. The Morgan fingerprint density at radius 2 is 1.95 bits per heavy atom. The van der Waals surface area contributed by atoms with E-state index >= 15 is 0 Å². The molecule has 0 spiro atoms. The van der Waals surface area contributed by atoms with Crippen LogP contribution in [0.4, 0.5) is 9.18 Å². The maximum atomic E-state index is 14.0. The van der Waals surface area contributed by atoms with Crippen molar-refractivity contribution in [3.05, 3.63) is 29.7 Å². The maximum Gasteiger partial charge on any atom is 0.408 e. The van der Waals surface area contributed by atoms with Crippen molar-refractivity contribution in [3.8, 4) is 5.88 Å². The molecule has 9 nitrogen and oxygen atoms in total. The first kappa shape index (κ1) is 29.2. The number of carbonyl (C=O) groups is 3. The number of benzene rings is 1. The van der Waals surface area contributed by atoms with Crippen LogP contribution >= 0.6 is 0 Å². The Morgan fingerprint density at radius 3 is 2.66 bits per heavy atom. The third kappa shape index (κ3) is 6.02. The molecule has 41 heavy (non-hydrogen) atoms. The van der Waals surface area contributed by atoms with Crippen LogP contribution in [0.2, 0.25) is 0 Å². The zero-order chi connectivity index (χ0) is 29.5. The minimum Gasteiger partial charge on any atom is -0.471 e. The van der Waals surface area contributed by atoms with E-state index in [4.69, 9.17) is 14.5 Å². The normalized spacial score (nSPS) is 31.2. The molecule has 10 heteroatoms. The predicted octanol–water partition coefficient (Wildman–Crippen LogP) is 4.99. The second kappa shape index (κ2) is 11.2. The number of ether oxygens (including phenoxy) is 2. The number of aromatic nitrogens is 2. The fourth-order valence-electron chi connectivity index (χ4n) is 6.39. The molecule has 0 radical (unpaired) electrons. The molecule has 1 aliphatic carbocycles. The molecule has 2 bridgehead atoms. The van der Waals surface area contributed by atoms with Crippen LogP contribution in [0, 0.1) is 23.1 Å². The SMILES string of the molecule is CC[C@@H]1[C@@H]2CN(C(=O)[C@H](C(C)(C)C)NC(=O)O[C@]3(C)C[C@H]3CCCCCc3nc4ccc(F)cc4nc3O2)[C@@H]1C=O. The topological polar surface area (TPSA) is 111 Å². The lowest BCUT2D eigenvalue weighted by Crippen LogP contribution is -2.56. The second-order valence-electron chi connectivity index (χ2n) is 13.1. The zero-order valence-corrected chi connectivity index (χ0v) is 24.6. The van der Waals surface area contributed by atoms with Gasteiger partial charge in [-0.1, -0.05) is 40.5 Å². The first-order valence-corrected chi connectivity index (χ1v) is 14.8. The van der Waals surface area contributed by atoms with Gasteiger partial charge in [-0.3, -0.25) is 4.79 Å². The lowest BCUT2D eigenvalue weighted by atomic mass is 9.85. The summed E-state index contributed by atoms with van der Waals surface area (Å²) in [6, 6.07) is 2.67. The summed E-state index contributed by atoms with van der Waals surface area (Å²) in [7, 11) is 0. The number of alkyl carbamates (subject to hydrolysis) is 1. The van der Waals surface area contributed by atoms with Crippen LogP contribution in [0.1, 0.15) is 78.8 Å². The highest BCUT2D eigenvalue weighted by Gasteiger charge is 2.54. The molecule has 1 aromatic heterocycles. The van der Waals surface area contributed by atoms with Crippen molar-refractivity contribution in [2.45, 2.75) is 103 Å². The third-order valence-corrected chi connectivity index (χ3v) is 8.99. The summed E-state index contributed by atoms with van der Waals surface area (Å²) in [4.78, 5) is 50.4. The molecule has 222 valence electrons. The highest BCUT2D eigenvalue weighted by Crippen LogP contribution is 2.49. The molecule has 3 aliphatic rings. The fourth-order valence-corrected chi connectivity index (χ4v) is 6.39. The minimum absolute atomic E-state index is 0.145. The summed E-state index contributed by atoms with van der Waals surface area (Å²) in [5.74, 6) is -0.482. The molecule has 1 N–H and O–H groups in total. The van der Waals surface area contributed by atoms with E-state index in [1.54, 1.807) is 6.07 Å². The van der Waals surface area contributed by atoms with Crippen LogP contribution in [0.25, 0.3) is 11.0 Å². The number of nitrogens with zero attached hydrogens (tertiary/aromatic N) is 3.